The van der Waals surface area contributed by atoms with Crippen LogP contribution in [-0.4, -0.2) is 43.5 Å². The van der Waals surface area contributed by atoms with Crippen molar-refractivity contribution in [1.82, 2.24) is 4.90 Å². The molecule has 4 nitrogen and oxygen atoms in total. The molecule has 2 aromatic rings. The summed E-state index contributed by atoms with van der Waals surface area (Å²) in [4.78, 5) is 15.8. The van der Waals surface area contributed by atoms with Crippen LogP contribution < -0.4 is 10.6 Å². The molecular formula is C20H25Cl2N3O. The summed E-state index contributed by atoms with van der Waals surface area (Å²) in [5.74, 6) is 0.135. The first-order valence-electron chi connectivity index (χ1n) is 8.70. The third kappa shape index (κ3) is 6.20. The number of anilines is 1. The molecule has 0 bridgehead atoms. The maximum absolute atomic E-state index is 11.7. The van der Waals surface area contributed by atoms with Crippen molar-refractivity contribution >= 4 is 34.8 Å². The molecule has 0 atom stereocenters. The summed E-state index contributed by atoms with van der Waals surface area (Å²) >= 11 is 11.9. The molecule has 6 heteroatoms. The number of hydrogen-bond donors (Lipinski definition) is 1. The van der Waals surface area contributed by atoms with Crippen LogP contribution in [-0.2, 0) is 4.79 Å². The average molecular weight is 394 g/mol. The minimum atomic E-state index is 0.135. The lowest BCUT2D eigenvalue weighted by atomic mass is 10.2. The highest BCUT2D eigenvalue weighted by atomic mass is 35.5. The van der Waals surface area contributed by atoms with E-state index in [0.29, 0.717) is 23.0 Å². The van der Waals surface area contributed by atoms with Gasteiger partial charge in [-0.15, -0.1) is 0 Å². The quantitative estimate of drug-likeness (QED) is 0.857. The topological polar surface area (TPSA) is 49.6 Å². The molecule has 140 valence electrons. The van der Waals surface area contributed by atoms with E-state index in [1.165, 1.54) is 5.56 Å². The van der Waals surface area contributed by atoms with Gasteiger partial charge in [0.05, 0.1) is 10.0 Å². The Morgan fingerprint density at radius 3 is 2.15 bits per heavy atom. The Morgan fingerprint density at radius 2 is 1.65 bits per heavy atom. The Labute approximate surface area is 165 Å². The van der Waals surface area contributed by atoms with Crippen LogP contribution in [0.1, 0.15) is 12.0 Å². The van der Waals surface area contributed by atoms with E-state index in [9.17, 15) is 4.79 Å². The van der Waals surface area contributed by atoms with Gasteiger partial charge in [-0.1, -0.05) is 59.1 Å². The summed E-state index contributed by atoms with van der Waals surface area (Å²) in [6.07, 6.45) is 0.423. The van der Waals surface area contributed by atoms with Crippen LogP contribution in [0.4, 0.5) is 5.69 Å². The summed E-state index contributed by atoms with van der Waals surface area (Å²) in [6.45, 7) is 5.53. The second-order valence-electron chi connectivity index (χ2n) is 6.16. The fraction of sp³-hybridized carbons (Fsp3) is 0.350. The number of carbonyl (C=O) groups is 1. The number of hydrogen-bond acceptors (Lipinski definition) is 3. The number of benzene rings is 2. The highest BCUT2D eigenvalue weighted by Gasteiger charge is 2.20. The highest BCUT2D eigenvalue weighted by Crippen LogP contribution is 2.27. The minimum Gasteiger partial charge on any atom is -0.368 e. The molecule has 1 aliphatic heterocycles. The molecule has 0 aromatic heterocycles. The third-order valence-electron chi connectivity index (χ3n) is 4.20. The van der Waals surface area contributed by atoms with Gasteiger partial charge in [-0.05, 0) is 25.1 Å². The highest BCUT2D eigenvalue weighted by molar-refractivity contribution is 6.42. The van der Waals surface area contributed by atoms with Crippen LogP contribution in [0.25, 0.3) is 0 Å². The average Bonchev–Trinajstić information content (AvgIpc) is 2.65. The largest absolute Gasteiger partial charge is 0.368 e. The SMILES string of the molecule is Cc1ccccc1.NCCC(=O)N1CCN(c2ccc(Cl)c(Cl)c2)CC1. The molecule has 3 rings (SSSR count). The number of carbonyl (C=O) groups excluding carboxylic acids is 1. The van der Waals surface area contributed by atoms with Gasteiger partial charge in [-0.3, -0.25) is 4.79 Å². The second kappa shape index (κ2) is 10.4. The molecule has 0 saturated carbocycles. The Bertz CT molecular complexity index is 701. The molecule has 2 aromatic carbocycles. The van der Waals surface area contributed by atoms with Crippen molar-refractivity contribution in [3.05, 3.63) is 64.1 Å². The van der Waals surface area contributed by atoms with E-state index in [1.807, 2.05) is 35.2 Å². The molecule has 1 heterocycles. The van der Waals surface area contributed by atoms with E-state index in [0.717, 1.165) is 31.9 Å². The molecule has 26 heavy (non-hydrogen) atoms. The zero-order chi connectivity index (χ0) is 18.9. The van der Waals surface area contributed by atoms with Crippen molar-refractivity contribution in [3.8, 4) is 0 Å². The van der Waals surface area contributed by atoms with Crippen molar-refractivity contribution in [2.45, 2.75) is 13.3 Å². The van der Waals surface area contributed by atoms with E-state index in [1.54, 1.807) is 6.07 Å². The van der Waals surface area contributed by atoms with Gasteiger partial charge in [0.2, 0.25) is 5.91 Å². The smallest absolute Gasteiger partial charge is 0.223 e. The fourth-order valence-corrected chi connectivity index (χ4v) is 3.00. The lowest BCUT2D eigenvalue weighted by Crippen LogP contribution is -2.49. The number of nitrogens with zero attached hydrogens (tertiary/aromatic N) is 2. The van der Waals surface area contributed by atoms with Gasteiger partial charge in [0, 0.05) is 44.8 Å². The van der Waals surface area contributed by atoms with Gasteiger partial charge in [0.25, 0.3) is 0 Å². The molecule has 0 radical (unpaired) electrons. The molecule has 1 aliphatic rings. The van der Waals surface area contributed by atoms with Gasteiger partial charge >= 0.3 is 0 Å². The summed E-state index contributed by atoms with van der Waals surface area (Å²) in [5, 5.41) is 1.11. The number of piperazine rings is 1. The lowest BCUT2D eigenvalue weighted by Gasteiger charge is -2.36. The number of nitrogens with two attached hydrogens (primary N) is 1. The van der Waals surface area contributed by atoms with E-state index >= 15 is 0 Å². The molecule has 2 N–H and O–H groups in total. The Hall–Kier alpha value is -1.75. The van der Waals surface area contributed by atoms with Crippen LogP contribution >= 0.6 is 23.2 Å². The van der Waals surface area contributed by atoms with Gasteiger partial charge in [0.15, 0.2) is 0 Å². The van der Waals surface area contributed by atoms with Crippen molar-refractivity contribution in [1.29, 1.82) is 0 Å². The predicted molar refractivity (Wildman–Crippen MR) is 110 cm³/mol. The van der Waals surface area contributed by atoms with Crippen molar-refractivity contribution in [3.63, 3.8) is 0 Å². The maximum atomic E-state index is 11.7. The maximum Gasteiger partial charge on any atom is 0.223 e. The molecule has 0 aliphatic carbocycles. The van der Waals surface area contributed by atoms with Crippen molar-refractivity contribution < 1.29 is 4.79 Å². The summed E-state index contributed by atoms with van der Waals surface area (Å²) < 4.78 is 0. The van der Waals surface area contributed by atoms with Gasteiger partial charge in [-0.2, -0.15) is 0 Å². The molecule has 1 fully saturated rings. The fourth-order valence-electron chi connectivity index (χ4n) is 2.71. The van der Waals surface area contributed by atoms with Crippen LogP contribution in [0.3, 0.4) is 0 Å². The van der Waals surface area contributed by atoms with Crippen LogP contribution in [0.2, 0.25) is 10.0 Å². The molecule has 0 spiro atoms. The van der Waals surface area contributed by atoms with E-state index in [2.05, 4.69) is 24.0 Å². The van der Waals surface area contributed by atoms with E-state index < -0.39 is 0 Å². The number of aryl methyl sites for hydroxylation is 1. The number of halogens is 2. The summed E-state index contributed by atoms with van der Waals surface area (Å²) in [5.41, 5.74) is 7.76. The van der Waals surface area contributed by atoms with Gasteiger partial charge < -0.3 is 15.5 Å². The molecule has 0 unspecified atom stereocenters. The second-order valence-corrected chi connectivity index (χ2v) is 6.97. The zero-order valence-electron chi connectivity index (χ0n) is 15.0. The standard InChI is InChI=1S/C13H17Cl2N3O.C7H8/c14-11-2-1-10(9-12(11)15)17-5-7-18(8-6-17)13(19)3-4-16;1-7-5-3-2-4-6-7/h1-2,9H,3-8,16H2;2-6H,1H3. The van der Waals surface area contributed by atoms with E-state index in [4.69, 9.17) is 28.9 Å². The number of rotatable bonds is 3. The first-order valence-corrected chi connectivity index (χ1v) is 9.46. The molecule has 1 amide bonds. The first kappa shape index (κ1) is 20.6. The monoisotopic (exact) mass is 393 g/mol. The Balaban J connectivity index is 0.000000290. The zero-order valence-corrected chi connectivity index (χ0v) is 16.5. The van der Waals surface area contributed by atoms with Crippen LogP contribution in [0, 0.1) is 6.92 Å². The van der Waals surface area contributed by atoms with Gasteiger partial charge in [-0.25, -0.2) is 0 Å². The van der Waals surface area contributed by atoms with Gasteiger partial charge in [0.1, 0.15) is 0 Å². The van der Waals surface area contributed by atoms with Crippen LogP contribution in [0.5, 0.6) is 0 Å². The Morgan fingerprint density at radius 1 is 1.00 bits per heavy atom. The summed E-state index contributed by atoms with van der Waals surface area (Å²) in [7, 11) is 0. The number of amides is 1. The van der Waals surface area contributed by atoms with E-state index in [-0.39, 0.29) is 5.91 Å². The Kier molecular flexibility index (Phi) is 8.23. The minimum absolute atomic E-state index is 0.135. The predicted octanol–water partition coefficient (Wildman–Crippen LogP) is 3.99. The summed E-state index contributed by atoms with van der Waals surface area (Å²) in [6, 6.07) is 15.9. The van der Waals surface area contributed by atoms with Crippen molar-refractivity contribution in [2.75, 3.05) is 37.6 Å². The lowest BCUT2D eigenvalue weighted by molar-refractivity contribution is -0.131. The molecular weight excluding hydrogens is 369 g/mol. The third-order valence-corrected chi connectivity index (χ3v) is 4.94. The van der Waals surface area contributed by atoms with Crippen LogP contribution in [0.15, 0.2) is 48.5 Å². The normalized spacial score (nSPS) is 13.8. The van der Waals surface area contributed by atoms with Crippen molar-refractivity contribution in [2.24, 2.45) is 5.73 Å². The first-order chi connectivity index (χ1) is 12.5. The molecule has 1 saturated heterocycles.